The van der Waals surface area contributed by atoms with Crippen LogP contribution in [-0.2, 0) is 20.2 Å². The number of fused-ring (bicyclic) bond motifs is 2. The zero-order chi connectivity index (χ0) is 25.3. The van der Waals surface area contributed by atoms with E-state index in [-0.39, 0.29) is 0 Å². The number of benzene rings is 4. The normalized spacial score (nSPS) is 23.3. The van der Waals surface area contributed by atoms with E-state index in [1.807, 2.05) is 0 Å². The molecule has 0 heterocycles. The monoisotopic (exact) mass is 524 g/mol. The molecule has 6 rings (SSSR count). The van der Waals surface area contributed by atoms with Gasteiger partial charge in [-0.25, -0.2) is 0 Å². The van der Waals surface area contributed by atoms with Gasteiger partial charge in [-0.2, -0.15) is 0 Å². The first kappa shape index (κ1) is 25.0. The summed E-state index contributed by atoms with van der Waals surface area (Å²) in [6.07, 6.45) is 3.39. The molecule has 2 aliphatic carbocycles. The molecule has 0 aromatic heterocycles. The summed E-state index contributed by atoms with van der Waals surface area (Å²) in [4.78, 5) is 0. The Balaban J connectivity index is 1.43. The molecule has 188 valence electrons. The summed E-state index contributed by atoms with van der Waals surface area (Å²) in [7, 11) is 5.26. The van der Waals surface area contributed by atoms with E-state index in [0.717, 1.165) is 12.8 Å². The molecular formula is C33H34O2P2. The standard InChI is InChI=1S/C33H34O2P2/c36-34-32(26-13-5-1-6-14-26,27-15-7-2-8-16-27)30-22-25-21-24(30)23-31(25)33(35-37,28-17-9-3-10-18-28)29-19-11-4-12-20-29/h1-20,24-25,30-31H,21-23,36-37H2. The van der Waals surface area contributed by atoms with Crippen molar-refractivity contribution in [1.29, 1.82) is 0 Å². The Hall–Kier alpha value is -2.34. The first-order valence-corrected chi connectivity index (χ1v) is 14.2. The zero-order valence-electron chi connectivity index (χ0n) is 20.9. The molecule has 4 aromatic carbocycles. The molecular weight excluding hydrogens is 490 g/mol. The fourth-order valence-corrected chi connectivity index (χ4v) is 8.54. The fraction of sp³-hybridized carbons (Fsp3) is 0.273. The van der Waals surface area contributed by atoms with Crippen molar-refractivity contribution < 1.29 is 9.05 Å². The summed E-state index contributed by atoms with van der Waals surface area (Å²) in [5.74, 6) is 1.82. The molecule has 2 saturated carbocycles. The fourth-order valence-electron chi connectivity index (χ4n) is 7.65. The van der Waals surface area contributed by atoms with Crippen LogP contribution in [0.1, 0.15) is 41.5 Å². The summed E-state index contributed by atoms with van der Waals surface area (Å²) in [5, 5.41) is 0. The van der Waals surface area contributed by atoms with Gasteiger partial charge in [0.1, 0.15) is 11.2 Å². The van der Waals surface area contributed by atoms with Gasteiger partial charge in [0, 0.05) is 18.9 Å². The highest BCUT2D eigenvalue weighted by Crippen LogP contribution is 2.65. The Kier molecular flexibility index (Phi) is 7.04. The van der Waals surface area contributed by atoms with E-state index in [0.29, 0.717) is 23.7 Å². The van der Waals surface area contributed by atoms with Crippen molar-refractivity contribution in [3.63, 3.8) is 0 Å². The lowest BCUT2D eigenvalue weighted by Gasteiger charge is -2.48. The summed E-state index contributed by atoms with van der Waals surface area (Å²) in [6.45, 7) is 0. The molecule has 0 radical (unpaired) electrons. The van der Waals surface area contributed by atoms with Gasteiger partial charge in [-0.05, 0) is 65.2 Å². The topological polar surface area (TPSA) is 18.5 Å². The Morgan fingerprint density at radius 2 is 0.703 bits per heavy atom. The lowest BCUT2D eigenvalue weighted by Crippen LogP contribution is -2.45. The molecule has 0 amide bonds. The Bertz CT molecular complexity index is 1120. The van der Waals surface area contributed by atoms with E-state index in [1.165, 1.54) is 28.7 Å². The molecule has 0 spiro atoms. The Morgan fingerprint density at radius 3 is 0.919 bits per heavy atom. The Morgan fingerprint density at radius 1 is 0.432 bits per heavy atom. The molecule has 0 N–H and O–H groups in total. The van der Waals surface area contributed by atoms with Gasteiger partial charge >= 0.3 is 0 Å². The van der Waals surface area contributed by atoms with Crippen molar-refractivity contribution in [2.75, 3.05) is 0 Å². The molecule has 0 aliphatic heterocycles. The van der Waals surface area contributed by atoms with Gasteiger partial charge in [0.05, 0.1) is 0 Å². The first-order valence-electron chi connectivity index (χ1n) is 13.2. The van der Waals surface area contributed by atoms with Gasteiger partial charge in [-0.3, -0.25) is 0 Å². The highest BCUT2D eigenvalue weighted by molar-refractivity contribution is 7.10. The van der Waals surface area contributed by atoms with Gasteiger partial charge in [-0.1, -0.05) is 121 Å². The lowest BCUT2D eigenvalue weighted by atomic mass is 9.63. The minimum atomic E-state index is -0.498. The molecule has 2 fully saturated rings. The third kappa shape index (κ3) is 4.02. The van der Waals surface area contributed by atoms with Crippen molar-refractivity contribution in [3.05, 3.63) is 144 Å². The Labute approximate surface area is 225 Å². The smallest absolute Gasteiger partial charge is 0.125 e. The maximum atomic E-state index is 6.54. The van der Waals surface area contributed by atoms with Crippen LogP contribution in [0.2, 0.25) is 0 Å². The molecule has 37 heavy (non-hydrogen) atoms. The van der Waals surface area contributed by atoms with E-state index >= 15 is 0 Å². The molecule has 2 aliphatic rings. The summed E-state index contributed by atoms with van der Waals surface area (Å²) >= 11 is 0. The van der Waals surface area contributed by atoms with E-state index in [9.17, 15) is 0 Å². The molecule has 4 aromatic rings. The number of hydrogen-bond acceptors (Lipinski definition) is 2. The van der Waals surface area contributed by atoms with Crippen LogP contribution in [0, 0.1) is 23.7 Å². The highest BCUT2D eigenvalue weighted by Gasteiger charge is 2.60. The predicted molar refractivity (Wildman–Crippen MR) is 157 cm³/mol. The van der Waals surface area contributed by atoms with Crippen LogP contribution in [0.15, 0.2) is 121 Å². The second-order valence-electron chi connectivity index (χ2n) is 10.6. The van der Waals surface area contributed by atoms with E-state index in [4.69, 9.17) is 9.05 Å². The maximum Gasteiger partial charge on any atom is 0.125 e. The van der Waals surface area contributed by atoms with Crippen LogP contribution in [-0.4, -0.2) is 0 Å². The van der Waals surface area contributed by atoms with Crippen molar-refractivity contribution in [2.24, 2.45) is 23.7 Å². The van der Waals surface area contributed by atoms with Crippen molar-refractivity contribution >= 4 is 18.9 Å². The molecule has 2 bridgehead atoms. The molecule has 6 atom stereocenters. The van der Waals surface area contributed by atoms with Crippen LogP contribution in [0.3, 0.4) is 0 Å². The van der Waals surface area contributed by atoms with Crippen LogP contribution in [0.4, 0.5) is 0 Å². The third-order valence-corrected chi connectivity index (χ3v) is 9.83. The van der Waals surface area contributed by atoms with Gasteiger partial charge in [0.2, 0.25) is 0 Å². The van der Waals surface area contributed by atoms with E-state index in [2.05, 4.69) is 140 Å². The van der Waals surface area contributed by atoms with Gasteiger partial charge in [0.25, 0.3) is 0 Å². The molecule has 4 heteroatoms. The minimum Gasteiger partial charge on any atom is -0.350 e. The molecule has 6 unspecified atom stereocenters. The van der Waals surface area contributed by atoms with Crippen LogP contribution in [0.5, 0.6) is 0 Å². The average molecular weight is 525 g/mol. The summed E-state index contributed by atoms with van der Waals surface area (Å²) in [6, 6.07) is 43.2. The van der Waals surface area contributed by atoms with E-state index < -0.39 is 11.2 Å². The van der Waals surface area contributed by atoms with Gasteiger partial charge in [0.15, 0.2) is 0 Å². The number of hydrogen-bond donors (Lipinski definition) is 0. The van der Waals surface area contributed by atoms with Gasteiger partial charge in [-0.15, -0.1) is 0 Å². The third-order valence-electron chi connectivity index (χ3n) is 9.08. The van der Waals surface area contributed by atoms with Crippen LogP contribution < -0.4 is 0 Å². The minimum absolute atomic E-state index is 0.379. The molecule has 2 nitrogen and oxygen atoms in total. The van der Waals surface area contributed by atoms with Crippen molar-refractivity contribution in [1.82, 2.24) is 0 Å². The second kappa shape index (κ2) is 10.4. The average Bonchev–Trinajstić information content (AvgIpc) is 3.59. The van der Waals surface area contributed by atoms with Crippen molar-refractivity contribution in [3.8, 4) is 0 Å². The van der Waals surface area contributed by atoms with Crippen molar-refractivity contribution in [2.45, 2.75) is 30.5 Å². The SMILES string of the molecule is POC(c1ccccc1)(c1ccccc1)C1CC2CC1CC2C(OP)(c1ccccc1)c1ccccc1. The number of rotatable bonds is 8. The van der Waals surface area contributed by atoms with Crippen LogP contribution in [0.25, 0.3) is 0 Å². The van der Waals surface area contributed by atoms with Crippen LogP contribution >= 0.6 is 18.9 Å². The molecule has 0 saturated heterocycles. The zero-order valence-corrected chi connectivity index (χ0v) is 23.3. The first-order chi connectivity index (χ1) is 18.2. The maximum absolute atomic E-state index is 6.54. The summed E-state index contributed by atoms with van der Waals surface area (Å²) in [5.41, 5.74) is 3.91. The summed E-state index contributed by atoms with van der Waals surface area (Å²) < 4.78 is 13.1. The largest absolute Gasteiger partial charge is 0.350 e. The quantitative estimate of drug-likeness (QED) is 0.217. The predicted octanol–water partition coefficient (Wildman–Crippen LogP) is 8.15. The van der Waals surface area contributed by atoms with E-state index in [1.54, 1.807) is 0 Å². The van der Waals surface area contributed by atoms with Gasteiger partial charge < -0.3 is 9.05 Å². The lowest BCUT2D eigenvalue weighted by molar-refractivity contribution is -0.0164. The second-order valence-corrected chi connectivity index (χ2v) is 11.1. The highest BCUT2D eigenvalue weighted by atomic mass is 31.0.